The number of hydrogen-bond donors (Lipinski definition) is 1. The largest absolute Gasteiger partial charge is 0.323 e. The molecular weight excluding hydrogens is 444 g/mol. The second-order valence-electron chi connectivity index (χ2n) is 7.49. The Bertz CT molecular complexity index is 1590. The van der Waals surface area contributed by atoms with Crippen LogP contribution in [0, 0.1) is 6.92 Å². The van der Waals surface area contributed by atoms with Crippen LogP contribution in [0.3, 0.4) is 0 Å². The summed E-state index contributed by atoms with van der Waals surface area (Å²) in [6.45, 7) is 1.63. The number of benzene rings is 2. The Morgan fingerprint density at radius 2 is 1.78 bits per heavy atom. The third kappa shape index (κ3) is 3.26. The second-order valence-corrected chi connectivity index (χ2v) is 10.7. The molecule has 0 fully saturated rings. The molecule has 0 saturated carbocycles. The van der Waals surface area contributed by atoms with Gasteiger partial charge in [-0.2, -0.15) is 4.31 Å². The predicted octanol–water partition coefficient (Wildman–Crippen LogP) is 4.27. The summed E-state index contributed by atoms with van der Waals surface area (Å²) in [6, 6.07) is 18.8. The number of fused-ring (bicyclic) bond motifs is 5. The highest BCUT2D eigenvalue weighted by molar-refractivity contribution is 7.91. The van der Waals surface area contributed by atoms with E-state index in [0.29, 0.717) is 5.69 Å². The van der Waals surface area contributed by atoms with Gasteiger partial charge in [0, 0.05) is 17.8 Å². The summed E-state index contributed by atoms with van der Waals surface area (Å²) in [4.78, 5) is 17.7. The molecule has 0 unspecified atom stereocenters. The maximum Gasteiger partial charge on any atom is 0.252 e. The molecular formula is C23H20N4O3S2. The molecule has 162 valence electrons. The van der Waals surface area contributed by atoms with Gasteiger partial charge in [-0.15, -0.1) is 11.3 Å². The minimum absolute atomic E-state index is 0.209. The number of anilines is 1. The lowest BCUT2D eigenvalue weighted by Gasteiger charge is -2.16. The molecule has 0 atom stereocenters. The Labute approximate surface area is 189 Å². The zero-order chi connectivity index (χ0) is 22.5. The fourth-order valence-electron chi connectivity index (χ4n) is 3.98. The number of hydrogen-bond acceptors (Lipinski definition) is 5. The van der Waals surface area contributed by atoms with Gasteiger partial charge in [-0.05, 0) is 30.5 Å². The number of aromatic nitrogens is 2. The molecule has 0 aliphatic heterocycles. The van der Waals surface area contributed by atoms with Crippen LogP contribution in [0.2, 0.25) is 0 Å². The van der Waals surface area contributed by atoms with Crippen LogP contribution in [-0.4, -0.2) is 41.6 Å². The summed E-state index contributed by atoms with van der Waals surface area (Å²) in [7, 11) is -2.31. The zero-order valence-corrected chi connectivity index (χ0v) is 19.1. The third-order valence-corrected chi connectivity index (χ3v) is 8.61. The van der Waals surface area contributed by atoms with Gasteiger partial charge in [0.1, 0.15) is 10.0 Å². The molecule has 5 rings (SSSR count). The van der Waals surface area contributed by atoms with E-state index in [0.717, 1.165) is 48.8 Å². The average Bonchev–Trinajstić information content (AvgIpc) is 3.42. The van der Waals surface area contributed by atoms with Crippen molar-refractivity contribution in [1.82, 2.24) is 13.7 Å². The number of likely N-dealkylation sites (N-methyl/N-ethyl adjacent to an activating group) is 1. The minimum Gasteiger partial charge on any atom is -0.323 e. The first-order valence-electron chi connectivity index (χ1n) is 9.96. The SMILES string of the molecule is Cc1nc2ccccc2c2c(NC(=O)CN(C)S(=O)(=O)c3cccs3)c3ccccc3n12. The van der Waals surface area contributed by atoms with Gasteiger partial charge in [-0.25, -0.2) is 13.4 Å². The molecule has 32 heavy (non-hydrogen) atoms. The van der Waals surface area contributed by atoms with Crippen molar-refractivity contribution in [2.45, 2.75) is 11.1 Å². The first kappa shape index (κ1) is 20.6. The normalized spacial score (nSPS) is 12.2. The fraction of sp³-hybridized carbons (Fsp3) is 0.130. The zero-order valence-electron chi connectivity index (χ0n) is 17.4. The van der Waals surface area contributed by atoms with Crippen molar-refractivity contribution < 1.29 is 13.2 Å². The molecule has 0 spiro atoms. The van der Waals surface area contributed by atoms with Crippen molar-refractivity contribution in [2.24, 2.45) is 0 Å². The summed E-state index contributed by atoms with van der Waals surface area (Å²) in [5, 5.41) is 6.45. The summed E-state index contributed by atoms with van der Waals surface area (Å²) in [5.41, 5.74) is 3.24. The summed E-state index contributed by atoms with van der Waals surface area (Å²) in [5.74, 6) is 0.386. The van der Waals surface area contributed by atoms with Gasteiger partial charge in [0.05, 0.1) is 28.8 Å². The van der Waals surface area contributed by atoms with Crippen molar-refractivity contribution in [1.29, 1.82) is 0 Å². The third-order valence-electron chi connectivity index (χ3n) is 5.43. The number of carbonyl (C=O) groups excluding carboxylic acids is 1. The van der Waals surface area contributed by atoms with Crippen LogP contribution in [0.1, 0.15) is 5.82 Å². The Kier molecular flexibility index (Phi) is 4.96. The number of amides is 1. The van der Waals surface area contributed by atoms with Gasteiger partial charge in [-0.1, -0.05) is 42.5 Å². The molecule has 0 bridgehead atoms. The summed E-state index contributed by atoms with van der Waals surface area (Å²) in [6.07, 6.45) is 0. The van der Waals surface area contributed by atoms with Crippen LogP contribution in [-0.2, 0) is 14.8 Å². The number of rotatable bonds is 5. The quantitative estimate of drug-likeness (QED) is 0.421. The van der Waals surface area contributed by atoms with E-state index in [1.807, 2.05) is 59.9 Å². The van der Waals surface area contributed by atoms with E-state index in [1.54, 1.807) is 11.4 Å². The minimum atomic E-state index is -3.72. The maximum absolute atomic E-state index is 13.0. The summed E-state index contributed by atoms with van der Waals surface area (Å²) < 4.78 is 28.7. The molecule has 0 aliphatic rings. The molecule has 1 N–H and O–H groups in total. The molecule has 5 aromatic rings. The molecule has 0 radical (unpaired) electrons. The maximum atomic E-state index is 13.0. The Hall–Kier alpha value is -3.27. The number of sulfonamides is 1. The molecule has 1 amide bonds. The molecule has 9 heteroatoms. The highest BCUT2D eigenvalue weighted by Crippen LogP contribution is 2.36. The van der Waals surface area contributed by atoms with Gasteiger partial charge in [-0.3, -0.25) is 9.20 Å². The van der Waals surface area contributed by atoms with Crippen molar-refractivity contribution in [2.75, 3.05) is 18.9 Å². The van der Waals surface area contributed by atoms with Crippen LogP contribution in [0.5, 0.6) is 0 Å². The lowest BCUT2D eigenvalue weighted by molar-refractivity contribution is -0.116. The number of nitrogens with one attached hydrogen (secondary N) is 1. The monoisotopic (exact) mass is 464 g/mol. The molecule has 7 nitrogen and oxygen atoms in total. The number of aryl methyl sites for hydroxylation is 1. The first-order valence-corrected chi connectivity index (χ1v) is 12.3. The van der Waals surface area contributed by atoms with E-state index in [2.05, 4.69) is 5.32 Å². The van der Waals surface area contributed by atoms with E-state index < -0.39 is 15.9 Å². The molecule has 3 heterocycles. The van der Waals surface area contributed by atoms with Gasteiger partial charge < -0.3 is 5.32 Å². The molecule has 0 aliphatic carbocycles. The first-order chi connectivity index (χ1) is 15.4. The molecule has 0 saturated heterocycles. The van der Waals surface area contributed by atoms with Crippen LogP contribution in [0.15, 0.2) is 70.3 Å². The lowest BCUT2D eigenvalue weighted by atomic mass is 10.1. The Balaban J connectivity index is 1.60. The summed E-state index contributed by atoms with van der Waals surface area (Å²) >= 11 is 1.13. The molecule has 2 aromatic carbocycles. The van der Waals surface area contributed by atoms with Gasteiger partial charge in [0.25, 0.3) is 10.0 Å². The number of carbonyl (C=O) groups is 1. The predicted molar refractivity (Wildman–Crippen MR) is 128 cm³/mol. The van der Waals surface area contributed by atoms with Crippen LogP contribution >= 0.6 is 11.3 Å². The molecule has 3 aromatic heterocycles. The Morgan fingerprint density at radius 3 is 2.53 bits per heavy atom. The van der Waals surface area contributed by atoms with Crippen LogP contribution < -0.4 is 5.32 Å². The smallest absolute Gasteiger partial charge is 0.252 e. The highest BCUT2D eigenvalue weighted by atomic mass is 32.2. The van der Waals surface area contributed by atoms with Crippen molar-refractivity contribution in [3.63, 3.8) is 0 Å². The van der Waals surface area contributed by atoms with Crippen LogP contribution in [0.25, 0.3) is 27.3 Å². The van der Waals surface area contributed by atoms with Gasteiger partial charge in [0.15, 0.2) is 0 Å². The number of para-hydroxylation sites is 2. The second kappa shape index (κ2) is 7.70. The van der Waals surface area contributed by atoms with Gasteiger partial charge >= 0.3 is 0 Å². The van der Waals surface area contributed by atoms with Crippen LogP contribution in [0.4, 0.5) is 5.69 Å². The van der Waals surface area contributed by atoms with E-state index >= 15 is 0 Å². The van der Waals surface area contributed by atoms with E-state index in [9.17, 15) is 13.2 Å². The van der Waals surface area contributed by atoms with Gasteiger partial charge in [0.2, 0.25) is 5.91 Å². The standard InChI is InChI=1S/C23H20N4O3S2/c1-15-24-18-10-5-3-8-16(18)23-22(17-9-4-6-11-19(17)27(15)23)25-20(28)14-26(2)32(29,30)21-12-7-13-31-21/h3-13H,14H2,1-2H3,(H,25,28). The van der Waals surface area contributed by atoms with E-state index in [-0.39, 0.29) is 10.8 Å². The highest BCUT2D eigenvalue weighted by Gasteiger charge is 2.25. The van der Waals surface area contributed by atoms with Crippen molar-refractivity contribution in [3.8, 4) is 0 Å². The van der Waals surface area contributed by atoms with Crippen molar-refractivity contribution >= 4 is 60.3 Å². The Morgan fingerprint density at radius 1 is 1.06 bits per heavy atom. The van der Waals surface area contributed by atoms with Crippen molar-refractivity contribution in [3.05, 3.63) is 71.9 Å². The number of thiophene rings is 1. The van der Waals surface area contributed by atoms with E-state index in [1.165, 1.54) is 13.1 Å². The van der Waals surface area contributed by atoms with E-state index in [4.69, 9.17) is 4.98 Å². The number of nitrogens with zero attached hydrogens (tertiary/aromatic N) is 3. The average molecular weight is 465 g/mol. The lowest BCUT2D eigenvalue weighted by Crippen LogP contribution is -2.34. The fourth-order valence-corrected chi connectivity index (χ4v) is 6.31. The topological polar surface area (TPSA) is 83.8 Å².